The summed E-state index contributed by atoms with van der Waals surface area (Å²) in [6.45, 7) is 10.4. The van der Waals surface area contributed by atoms with Crippen molar-refractivity contribution in [3.05, 3.63) is 35.4 Å². The SMILES string of the molecule is COCCOCCOCCOCCOCCOCCOCCOCCOCCOCCOCCOCCC(=O)ON1C(=O)c2ccccc2C1=O. The van der Waals surface area contributed by atoms with E-state index in [-0.39, 0.29) is 30.8 Å². The lowest BCUT2D eigenvalue weighted by molar-refractivity contribution is -0.169. The van der Waals surface area contributed by atoms with E-state index in [1.807, 2.05) is 0 Å². The molecule has 0 bridgehead atoms. The van der Waals surface area contributed by atoms with E-state index in [9.17, 15) is 14.4 Å². The predicted molar refractivity (Wildman–Crippen MR) is 179 cm³/mol. The van der Waals surface area contributed by atoms with Gasteiger partial charge in [0.2, 0.25) is 0 Å². The fourth-order valence-electron chi connectivity index (χ4n) is 4.00. The number of imide groups is 1. The molecule has 1 heterocycles. The summed E-state index contributed by atoms with van der Waals surface area (Å²) in [5, 5.41) is 0.482. The molecule has 0 radical (unpaired) electrons. The number of hydrogen-bond acceptors (Lipinski definition) is 16. The largest absolute Gasteiger partial charge is 0.382 e. The van der Waals surface area contributed by atoms with E-state index >= 15 is 0 Å². The number of carbonyl (C=O) groups is 3. The molecule has 2 rings (SSSR count). The lowest BCUT2D eigenvalue weighted by Gasteiger charge is -2.12. The number of ether oxygens (including phenoxy) is 12. The summed E-state index contributed by atoms with van der Waals surface area (Å²) in [5.74, 6) is -2.07. The van der Waals surface area contributed by atoms with E-state index in [0.717, 1.165) is 0 Å². The molecule has 292 valence electrons. The Morgan fingerprint density at radius 3 is 0.961 bits per heavy atom. The number of nitrogens with zero attached hydrogens (tertiary/aromatic N) is 1. The Morgan fingerprint density at radius 1 is 0.431 bits per heavy atom. The summed E-state index contributed by atoms with van der Waals surface area (Å²) in [5.41, 5.74) is 0.407. The quantitative estimate of drug-likeness (QED) is 0.0698. The van der Waals surface area contributed by atoms with E-state index in [1.165, 1.54) is 12.1 Å². The molecule has 1 aliphatic rings. The van der Waals surface area contributed by atoms with Gasteiger partial charge in [-0.05, 0) is 12.1 Å². The number of hydroxylamine groups is 2. The minimum Gasteiger partial charge on any atom is -0.382 e. The van der Waals surface area contributed by atoms with Crippen LogP contribution in [-0.4, -0.2) is 182 Å². The Bertz CT molecular complexity index is 997. The normalized spacial score (nSPS) is 12.6. The second-order valence-corrected chi connectivity index (χ2v) is 10.4. The van der Waals surface area contributed by atoms with E-state index < -0.39 is 17.8 Å². The van der Waals surface area contributed by atoms with Gasteiger partial charge < -0.3 is 61.7 Å². The van der Waals surface area contributed by atoms with Crippen LogP contribution in [0.2, 0.25) is 0 Å². The van der Waals surface area contributed by atoms with E-state index in [1.54, 1.807) is 19.2 Å². The molecular formula is C34H55NO16. The number of fused-ring (bicyclic) bond motifs is 1. The second-order valence-electron chi connectivity index (χ2n) is 10.4. The van der Waals surface area contributed by atoms with Crippen molar-refractivity contribution in [2.24, 2.45) is 0 Å². The molecule has 51 heavy (non-hydrogen) atoms. The molecule has 0 unspecified atom stereocenters. The van der Waals surface area contributed by atoms with Gasteiger partial charge in [-0.1, -0.05) is 17.2 Å². The number of rotatable bonds is 37. The highest BCUT2D eigenvalue weighted by Crippen LogP contribution is 2.22. The van der Waals surface area contributed by atoms with E-state index in [2.05, 4.69) is 0 Å². The average molecular weight is 734 g/mol. The summed E-state index contributed by atoms with van der Waals surface area (Å²) in [4.78, 5) is 41.3. The smallest absolute Gasteiger partial charge is 0.335 e. The van der Waals surface area contributed by atoms with Crippen LogP contribution in [0.25, 0.3) is 0 Å². The van der Waals surface area contributed by atoms with Crippen LogP contribution in [-0.2, 0) is 66.5 Å². The highest BCUT2D eigenvalue weighted by atomic mass is 16.7. The first-order valence-corrected chi connectivity index (χ1v) is 17.2. The van der Waals surface area contributed by atoms with Gasteiger partial charge in [0.05, 0.1) is 170 Å². The highest BCUT2D eigenvalue weighted by molar-refractivity contribution is 6.20. The van der Waals surface area contributed by atoms with Crippen LogP contribution in [0.1, 0.15) is 27.1 Å². The number of hydrogen-bond donors (Lipinski definition) is 0. The van der Waals surface area contributed by atoms with Crippen molar-refractivity contribution in [3.63, 3.8) is 0 Å². The molecule has 2 amide bonds. The number of amides is 2. The highest BCUT2D eigenvalue weighted by Gasteiger charge is 2.38. The van der Waals surface area contributed by atoms with Crippen LogP contribution in [0, 0.1) is 0 Å². The van der Waals surface area contributed by atoms with Gasteiger partial charge in [0, 0.05) is 7.11 Å². The lowest BCUT2D eigenvalue weighted by Crippen LogP contribution is -2.33. The summed E-state index contributed by atoms with van der Waals surface area (Å²) >= 11 is 0. The van der Waals surface area contributed by atoms with Crippen LogP contribution in [0.4, 0.5) is 0 Å². The van der Waals surface area contributed by atoms with E-state index in [0.29, 0.717) is 144 Å². The Labute approximate surface area is 299 Å². The maximum absolute atomic E-state index is 12.2. The number of benzene rings is 1. The zero-order valence-electron chi connectivity index (χ0n) is 29.8. The molecule has 1 aliphatic heterocycles. The van der Waals surface area contributed by atoms with Crippen LogP contribution in [0.5, 0.6) is 0 Å². The summed E-state index contributed by atoms with van der Waals surface area (Å²) in [7, 11) is 1.64. The van der Waals surface area contributed by atoms with Crippen molar-refractivity contribution < 1.29 is 76.1 Å². The van der Waals surface area contributed by atoms with Crippen molar-refractivity contribution in [3.8, 4) is 0 Å². The Balaban J connectivity index is 1.19. The Kier molecular flexibility index (Phi) is 28.0. The molecule has 0 spiro atoms. The molecule has 0 fully saturated rings. The summed E-state index contributed by atoms with van der Waals surface area (Å²) in [6.07, 6.45) is -0.119. The van der Waals surface area contributed by atoms with Crippen LogP contribution >= 0.6 is 0 Å². The molecule has 0 atom stereocenters. The van der Waals surface area contributed by atoms with Crippen molar-refractivity contribution >= 4 is 17.8 Å². The minimum atomic E-state index is -0.744. The third-order valence-electron chi connectivity index (χ3n) is 6.55. The monoisotopic (exact) mass is 733 g/mol. The van der Waals surface area contributed by atoms with Gasteiger partial charge in [-0.25, -0.2) is 4.79 Å². The topological polar surface area (TPSA) is 174 Å². The third kappa shape index (κ3) is 22.8. The molecule has 1 aromatic carbocycles. The van der Waals surface area contributed by atoms with Gasteiger partial charge >= 0.3 is 5.97 Å². The Morgan fingerprint density at radius 2 is 0.686 bits per heavy atom. The Hall–Kier alpha value is -2.65. The van der Waals surface area contributed by atoms with Crippen molar-refractivity contribution in [2.45, 2.75) is 6.42 Å². The van der Waals surface area contributed by atoms with E-state index in [4.69, 9.17) is 61.7 Å². The molecule has 17 heteroatoms. The van der Waals surface area contributed by atoms with Gasteiger partial charge in [-0.15, -0.1) is 0 Å². The average Bonchev–Trinajstić information content (AvgIpc) is 3.37. The fourth-order valence-corrected chi connectivity index (χ4v) is 4.00. The van der Waals surface area contributed by atoms with Gasteiger partial charge in [-0.2, -0.15) is 0 Å². The van der Waals surface area contributed by atoms with Gasteiger partial charge in [0.15, 0.2) is 0 Å². The maximum Gasteiger partial charge on any atom is 0.335 e. The molecule has 17 nitrogen and oxygen atoms in total. The molecule has 0 aliphatic carbocycles. The lowest BCUT2D eigenvalue weighted by atomic mass is 10.1. The van der Waals surface area contributed by atoms with Gasteiger partial charge in [-0.3, -0.25) is 9.59 Å². The standard InChI is InChI=1S/C34H55NO16/c1-39-8-9-41-12-13-43-16-17-45-20-21-47-24-25-49-28-29-50-27-26-48-23-22-46-19-18-44-15-14-42-11-10-40-7-6-32(36)51-35-33(37)30-4-2-3-5-31(30)34(35)38/h2-5H,6-29H2,1H3. The van der Waals surface area contributed by atoms with Crippen molar-refractivity contribution in [1.82, 2.24) is 5.06 Å². The first-order chi connectivity index (χ1) is 25.1. The molecule has 0 saturated heterocycles. The summed E-state index contributed by atoms with van der Waals surface area (Å²) < 4.78 is 64.5. The third-order valence-corrected chi connectivity index (χ3v) is 6.55. The molecular weight excluding hydrogens is 678 g/mol. The van der Waals surface area contributed by atoms with Crippen LogP contribution in [0.3, 0.4) is 0 Å². The van der Waals surface area contributed by atoms with Gasteiger partial charge in [0.1, 0.15) is 0 Å². The maximum atomic E-state index is 12.2. The fraction of sp³-hybridized carbons (Fsp3) is 0.735. The van der Waals surface area contributed by atoms with Crippen LogP contribution in [0.15, 0.2) is 24.3 Å². The minimum absolute atomic E-state index is 0.0612. The number of carbonyl (C=O) groups excluding carboxylic acids is 3. The number of methoxy groups -OCH3 is 1. The zero-order valence-corrected chi connectivity index (χ0v) is 29.8. The second kappa shape index (κ2) is 32.0. The zero-order chi connectivity index (χ0) is 36.5. The van der Waals surface area contributed by atoms with Crippen molar-refractivity contribution in [1.29, 1.82) is 0 Å². The molecule has 0 aromatic heterocycles. The predicted octanol–water partition coefficient (Wildman–Crippen LogP) is 0.960. The summed E-state index contributed by atoms with van der Waals surface area (Å²) in [6, 6.07) is 6.28. The van der Waals surface area contributed by atoms with Crippen molar-refractivity contribution in [2.75, 3.05) is 159 Å². The van der Waals surface area contributed by atoms with Crippen LogP contribution < -0.4 is 0 Å². The molecule has 0 saturated carbocycles. The van der Waals surface area contributed by atoms with Gasteiger partial charge in [0.25, 0.3) is 11.8 Å². The molecule has 1 aromatic rings. The first-order valence-electron chi connectivity index (χ1n) is 17.2. The first kappa shape index (κ1) is 44.5. The molecule has 0 N–H and O–H groups in total.